The molecule has 9 heteroatoms. The first-order valence-electron chi connectivity index (χ1n) is 4.67. The second-order valence-electron chi connectivity index (χ2n) is 3.38. The Kier molecular flexibility index (Phi) is 3.00. The molecule has 1 aromatic heterocycles. The molecule has 17 heavy (non-hydrogen) atoms. The Balaban J connectivity index is 2.23. The van der Waals surface area contributed by atoms with Gasteiger partial charge in [0.05, 0.1) is 0 Å². The van der Waals surface area contributed by atoms with E-state index in [-0.39, 0.29) is 24.7 Å². The third-order valence-corrected chi connectivity index (χ3v) is 2.81. The zero-order chi connectivity index (χ0) is 12.4. The highest BCUT2D eigenvalue weighted by atomic mass is 32.1. The van der Waals surface area contributed by atoms with Crippen LogP contribution < -0.4 is 5.32 Å². The monoisotopic (exact) mass is 256 g/mol. The minimum Gasteiger partial charge on any atom is -0.480 e. The minimum atomic E-state index is -1.17. The lowest BCUT2D eigenvalue weighted by molar-refractivity contribution is -0.144. The standard InChI is InChI=1S/C8H8N4O4S/c13-6-2-12(5(1-9-6)8(15)16)7(14)4-3-17-11-10-4/h3,5H,1-2H2,(H,9,13)(H,15,16). The molecule has 1 aromatic rings. The van der Waals surface area contributed by atoms with E-state index in [1.165, 1.54) is 5.38 Å². The number of aliphatic carboxylic acids is 1. The maximum atomic E-state index is 11.9. The van der Waals surface area contributed by atoms with Crippen LogP contribution in [0.1, 0.15) is 10.5 Å². The summed E-state index contributed by atoms with van der Waals surface area (Å²) in [6.45, 7) is -0.384. The van der Waals surface area contributed by atoms with Gasteiger partial charge in [-0.15, -0.1) is 5.10 Å². The lowest BCUT2D eigenvalue weighted by Crippen LogP contribution is -2.59. The average Bonchev–Trinajstić information content (AvgIpc) is 2.80. The summed E-state index contributed by atoms with van der Waals surface area (Å²) in [6, 6.07) is -1.07. The number of amides is 2. The van der Waals surface area contributed by atoms with Crippen LogP contribution in [0.25, 0.3) is 0 Å². The summed E-state index contributed by atoms with van der Waals surface area (Å²) in [5.41, 5.74) is 0.0518. The van der Waals surface area contributed by atoms with Crippen LogP contribution in [-0.4, -0.2) is 56.5 Å². The van der Waals surface area contributed by atoms with E-state index in [0.717, 1.165) is 16.4 Å². The third-order valence-electron chi connectivity index (χ3n) is 2.31. The Morgan fingerprint density at radius 2 is 2.35 bits per heavy atom. The third kappa shape index (κ3) is 2.23. The van der Waals surface area contributed by atoms with Crippen LogP contribution in [0.2, 0.25) is 0 Å². The van der Waals surface area contributed by atoms with Gasteiger partial charge in [0, 0.05) is 11.9 Å². The van der Waals surface area contributed by atoms with E-state index in [1.807, 2.05) is 0 Å². The maximum Gasteiger partial charge on any atom is 0.328 e. The number of hydrogen-bond acceptors (Lipinski definition) is 6. The van der Waals surface area contributed by atoms with E-state index in [0.29, 0.717) is 0 Å². The fraction of sp³-hybridized carbons (Fsp3) is 0.375. The maximum absolute atomic E-state index is 11.9. The quantitative estimate of drug-likeness (QED) is 0.670. The number of nitrogens with one attached hydrogen (secondary N) is 1. The highest BCUT2D eigenvalue weighted by Crippen LogP contribution is 2.10. The lowest BCUT2D eigenvalue weighted by Gasteiger charge is -2.31. The molecule has 1 saturated heterocycles. The Bertz CT molecular complexity index is 460. The first-order valence-corrected chi connectivity index (χ1v) is 5.51. The van der Waals surface area contributed by atoms with E-state index in [9.17, 15) is 14.4 Å². The molecule has 1 aliphatic rings. The van der Waals surface area contributed by atoms with Crippen LogP contribution in [0.3, 0.4) is 0 Å². The van der Waals surface area contributed by atoms with Crippen LogP contribution in [0.4, 0.5) is 0 Å². The molecule has 2 heterocycles. The van der Waals surface area contributed by atoms with Gasteiger partial charge >= 0.3 is 5.97 Å². The van der Waals surface area contributed by atoms with Gasteiger partial charge in [-0.25, -0.2) is 4.79 Å². The van der Waals surface area contributed by atoms with Crippen LogP contribution >= 0.6 is 11.5 Å². The number of carbonyl (C=O) groups is 3. The van der Waals surface area contributed by atoms with E-state index < -0.39 is 17.9 Å². The molecule has 1 unspecified atom stereocenters. The second-order valence-corrected chi connectivity index (χ2v) is 3.99. The van der Waals surface area contributed by atoms with Gasteiger partial charge in [0.2, 0.25) is 5.91 Å². The SMILES string of the molecule is O=C1CN(C(=O)c2csnn2)C(C(=O)O)CN1. The number of piperazine rings is 1. The summed E-state index contributed by atoms with van der Waals surface area (Å²) in [6.07, 6.45) is 0. The number of aromatic nitrogens is 2. The van der Waals surface area contributed by atoms with E-state index in [2.05, 4.69) is 14.9 Å². The minimum absolute atomic E-state index is 0.0518. The fourth-order valence-corrected chi connectivity index (χ4v) is 1.91. The average molecular weight is 256 g/mol. The molecular weight excluding hydrogens is 248 g/mol. The van der Waals surface area contributed by atoms with Crippen molar-refractivity contribution in [1.82, 2.24) is 19.8 Å². The topological polar surface area (TPSA) is 112 Å². The molecule has 1 fully saturated rings. The molecule has 0 aliphatic carbocycles. The molecule has 0 spiro atoms. The van der Waals surface area contributed by atoms with Crippen LogP contribution in [0, 0.1) is 0 Å². The number of nitrogens with zero attached hydrogens (tertiary/aromatic N) is 3. The van der Waals surface area contributed by atoms with Gasteiger partial charge in [-0.1, -0.05) is 4.49 Å². The van der Waals surface area contributed by atoms with Crippen molar-refractivity contribution >= 4 is 29.3 Å². The normalized spacial score (nSPS) is 19.9. The van der Waals surface area contributed by atoms with Gasteiger partial charge in [-0.05, 0) is 11.5 Å². The van der Waals surface area contributed by atoms with E-state index in [1.54, 1.807) is 0 Å². The van der Waals surface area contributed by atoms with Crippen molar-refractivity contribution in [2.75, 3.05) is 13.1 Å². The van der Waals surface area contributed by atoms with E-state index in [4.69, 9.17) is 5.11 Å². The first kappa shape index (κ1) is 11.5. The van der Waals surface area contributed by atoms with Crippen molar-refractivity contribution in [2.24, 2.45) is 0 Å². The summed E-state index contributed by atoms with van der Waals surface area (Å²) in [5, 5.41) is 16.3. The molecule has 1 aliphatic heterocycles. The van der Waals surface area contributed by atoms with Gasteiger partial charge in [-0.3, -0.25) is 9.59 Å². The summed E-state index contributed by atoms with van der Waals surface area (Å²) < 4.78 is 3.52. The zero-order valence-corrected chi connectivity index (χ0v) is 9.31. The summed E-state index contributed by atoms with van der Waals surface area (Å²) in [4.78, 5) is 35.0. The fourth-order valence-electron chi connectivity index (χ4n) is 1.48. The smallest absolute Gasteiger partial charge is 0.328 e. The second kappa shape index (κ2) is 4.45. The Labute approximate surface area is 99.4 Å². The number of carboxylic acids is 1. The number of carboxylic acid groups (broad SMARTS) is 1. The number of hydrogen-bond donors (Lipinski definition) is 2. The molecule has 2 rings (SSSR count). The molecule has 8 nitrogen and oxygen atoms in total. The van der Waals surface area contributed by atoms with Crippen molar-refractivity contribution in [2.45, 2.75) is 6.04 Å². The van der Waals surface area contributed by atoms with Crippen molar-refractivity contribution in [1.29, 1.82) is 0 Å². The highest BCUT2D eigenvalue weighted by molar-refractivity contribution is 7.03. The van der Waals surface area contributed by atoms with Crippen LogP contribution in [0.5, 0.6) is 0 Å². The summed E-state index contributed by atoms with van der Waals surface area (Å²) in [7, 11) is 0. The Hall–Kier alpha value is -2.03. The van der Waals surface area contributed by atoms with Gasteiger partial charge in [-0.2, -0.15) is 0 Å². The van der Waals surface area contributed by atoms with Crippen molar-refractivity contribution in [3.8, 4) is 0 Å². The molecule has 2 amide bonds. The van der Waals surface area contributed by atoms with Gasteiger partial charge in [0.25, 0.3) is 5.91 Å². The van der Waals surface area contributed by atoms with E-state index >= 15 is 0 Å². The molecule has 0 aromatic carbocycles. The predicted octanol–water partition coefficient (Wildman–Crippen LogP) is -1.44. The van der Waals surface area contributed by atoms with Crippen molar-refractivity contribution in [3.05, 3.63) is 11.1 Å². The van der Waals surface area contributed by atoms with Crippen molar-refractivity contribution in [3.63, 3.8) is 0 Å². The predicted molar refractivity (Wildman–Crippen MR) is 55.4 cm³/mol. The summed E-state index contributed by atoms with van der Waals surface area (Å²) >= 11 is 0.986. The molecule has 90 valence electrons. The molecular formula is C8H8N4O4S. The molecule has 1 atom stereocenters. The van der Waals surface area contributed by atoms with Gasteiger partial charge < -0.3 is 15.3 Å². The van der Waals surface area contributed by atoms with Crippen LogP contribution in [-0.2, 0) is 9.59 Å². The Morgan fingerprint density at radius 1 is 1.59 bits per heavy atom. The summed E-state index contributed by atoms with van der Waals surface area (Å²) in [5.74, 6) is -2.15. The van der Waals surface area contributed by atoms with Crippen LogP contribution in [0.15, 0.2) is 5.38 Å². The molecule has 0 radical (unpaired) electrons. The largest absolute Gasteiger partial charge is 0.480 e. The van der Waals surface area contributed by atoms with Gasteiger partial charge in [0.1, 0.15) is 12.6 Å². The Morgan fingerprint density at radius 3 is 2.94 bits per heavy atom. The van der Waals surface area contributed by atoms with Gasteiger partial charge in [0.15, 0.2) is 5.69 Å². The lowest BCUT2D eigenvalue weighted by atomic mass is 10.2. The zero-order valence-electron chi connectivity index (χ0n) is 8.49. The number of rotatable bonds is 2. The first-order chi connectivity index (χ1) is 8.09. The van der Waals surface area contributed by atoms with Crippen molar-refractivity contribution < 1.29 is 19.5 Å². The molecule has 0 saturated carbocycles. The molecule has 0 bridgehead atoms. The molecule has 2 N–H and O–H groups in total. The highest BCUT2D eigenvalue weighted by Gasteiger charge is 2.36. The number of carbonyl (C=O) groups excluding carboxylic acids is 2.